The second-order valence-electron chi connectivity index (χ2n) is 17.0. The van der Waals surface area contributed by atoms with Crippen molar-refractivity contribution < 1.29 is 36.7 Å². The molecule has 66 heavy (non-hydrogen) atoms. The molecule has 0 radical (unpaired) electrons. The van der Waals surface area contributed by atoms with E-state index in [0.29, 0.717) is 74.2 Å². The molecule has 3 aliphatic heterocycles. The van der Waals surface area contributed by atoms with Crippen molar-refractivity contribution in [2.45, 2.75) is 56.9 Å². The molecule has 5 heterocycles. The van der Waals surface area contributed by atoms with E-state index >= 15 is 4.39 Å². The summed E-state index contributed by atoms with van der Waals surface area (Å²) in [6.07, 6.45) is 3.50. The number of alkyl halides is 3. The summed E-state index contributed by atoms with van der Waals surface area (Å²) in [6, 6.07) is 21.2. The predicted molar refractivity (Wildman–Crippen MR) is 241 cm³/mol. The van der Waals surface area contributed by atoms with Crippen LogP contribution in [0.1, 0.15) is 48.4 Å². The standard InChI is InChI=1S/C48H52F4N10O4/c49-39-26-38(56-40-12-15-43(63)58-46(40)65)11-13-41(39)60-24-22-59(23-25-60)29-33-17-20-61(21-18-33)44(64)31-62-30-36(28-55-62)35-8-14-42(54-27-35)57-47(66)45(34-4-2-1-3-5-34)53-19-16-32-6-9-37(10-7-32)48(50,51)52/h1-11,13-14,26-28,30,33,40,45,53,56H,12,15-25,29,31H2,(H,54,57,66)(H,58,63,65)/t40?,45-/m1/s1. The van der Waals surface area contributed by atoms with Crippen LogP contribution in [-0.4, -0.2) is 107 Å². The third-order valence-electron chi connectivity index (χ3n) is 12.4. The first-order valence-corrected chi connectivity index (χ1v) is 22.2. The molecular weight excluding hydrogens is 857 g/mol. The van der Waals surface area contributed by atoms with Crippen molar-refractivity contribution in [2.75, 3.05) is 67.9 Å². The Labute approximate surface area is 379 Å². The Kier molecular flexibility index (Phi) is 14.4. The van der Waals surface area contributed by atoms with Crippen LogP contribution in [0.3, 0.4) is 0 Å². The van der Waals surface area contributed by atoms with Crippen LogP contribution in [-0.2, 0) is 38.3 Å². The van der Waals surface area contributed by atoms with E-state index in [1.807, 2.05) is 46.2 Å². The largest absolute Gasteiger partial charge is 0.416 e. The lowest BCUT2D eigenvalue weighted by Crippen LogP contribution is -2.49. The fourth-order valence-corrected chi connectivity index (χ4v) is 8.69. The van der Waals surface area contributed by atoms with Gasteiger partial charge in [0.1, 0.15) is 30.3 Å². The van der Waals surface area contributed by atoms with E-state index in [1.54, 1.807) is 41.5 Å². The van der Waals surface area contributed by atoms with Crippen molar-refractivity contribution >= 4 is 40.8 Å². The van der Waals surface area contributed by atoms with Gasteiger partial charge in [0.15, 0.2) is 0 Å². The third kappa shape index (κ3) is 11.8. The number of piperidine rings is 2. The molecule has 4 N–H and O–H groups in total. The summed E-state index contributed by atoms with van der Waals surface area (Å²) in [6.45, 7) is 5.67. The predicted octanol–water partition coefficient (Wildman–Crippen LogP) is 5.89. The molecule has 5 aromatic rings. The minimum Gasteiger partial charge on any atom is -0.374 e. The van der Waals surface area contributed by atoms with Gasteiger partial charge in [0.05, 0.1) is 17.4 Å². The number of hydrogen-bond donors (Lipinski definition) is 4. The molecule has 0 aliphatic carbocycles. The van der Waals surface area contributed by atoms with Crippen molar-refractivity contribution in [1.29, 1.82) is 0 Å². The molecule has 2 aromatic heterocycles. The zero-order valence-corrected chi connectivity index (χ0v) is 36.3. The Morgan fingerprint density at radius 1 is 0.848 bits per heavy atom. The minimum atomic E-state index is -4.40. The molecule has 346 valence electrons. The van der Waals surface area contributed by atoms with Crippen molar-refractivity contribution in [1.82, 2.24) is 35.2 Å². The van der Waals surface area contributed by atoms with Gasteiger partial charge in [-0.15, -0.1) is 0 Å². The highest BCUT2D eigenvalue weighted by atomic mass is 19.4. The number of piperazine rings is 1. The Morgan fingerprint density at radius 2 is 1.61 bits per heavy atom. The Bertz CT molecular complexity index is 2470. The van der Waals surface area contributed by atoms with E-state index in [-0.39, 0.29) is 36.5 Å². The van der Waals surface area contributed by atoms with Crippen LogP contribution >= 0.6 is 0 Å². The number of pyridine rings is 1. The molecule has 2 atom stereocenters. The Hall–Kier alpha value is -6.66. The number of imide groups is 1. The molecule has 3 fully saturated rings. The molecule has 14 nitrogen and oxygen atoms in total. The van der Waals surface area contributed by atoms with E-state index < -0.39 is 29.7 Å². The average molecular weight is 909 g/mol. The normalized spacial score (nSPS) is 17.9. The van der Waals surface area contributed by atoms with E-state index in [2.05, 4.69) is 36.2 Å². The lowest BCUT2D eigenvalue weighted by molar-refractivity contribution is -0.138. The highest BCUT2D eigenvalue weighted by Gasteiger charge is 2.31. The number of nitrogens with zero attached hydrogens (tertiary/aromatic N) is 6. The van der Waals surface area contributed by atoms with Crippen LogP contribution in [0.5, 0.6) is 0 Å². The molecule has 0 bridgehead atoms. The van der Waals surface area contributed by atoms with E-state index in [0.717, 1.165) is 61.3 Å². The fraction of sp³-hybridized carbons (Fsp3) is 0.375. The molecule has 3 aliphatic rings. The van der Waals surface area contributed by atoms with Gasteiger partial charge in [-0.1, -0.05) is 42.5 Å². The van der Waals surface area contributed by atoms with Crippen LogP contribution in [0.15, 0.2) is 104 Å². The van der Waals surface area contributed by atoms with Gasteiger partial charge in [-0.3, -0.25) is 34.1 Å². The summed E-state index contributed by atoms with van der Waals surface area (Å²) >= 11 is 0. The number of amides is 4. The highest BCUT2D eigenvalue weighted by molar-refractivity contribution is 6.01. The lowest BCUT2D eigenvalue weighted by Gasteiger charge is -2.39. The first kappa shape index (κ1) is 45.9. The number of rotatable bonds is 15. The maximum Gasteiger partial charge on any atom is 0.416 e. The average Bonchev–Trinajstić information content (AvgIpc) is 3.78. The quantitative estimate of drug-likeness (QED) is 0.0738. The smallest absolute Gasteiger partial charge is 0.374 e. The van der Waals surface area contributed by atoms with E-state index in [9.17, 15) is 32.3 Å². The first-order valence-electron chi connectivity index (χ1n) is 22.2. The Balaban J connectivity index is 0.759. The van der Waals surface area contributed by atoms with Crippen LogP contribution in [0.25, 0.3) is 11.1 Å². The topological polar surface area (TPSA) is 157 Å². The van der Waals surface area contributed by atoms with Crippen LogP contribution < -0.4 is 26.2 Å². The fourth-order valence-electron chi connectivity index (χ4n) is 8.69. The number of halogens is 4. The number of anilines is 3. The molecule has 4 amide bonds. The van der Waals surface area contributed by atoms with Gasteiger partial charge in [0.2, 0.25) is 23.6 Å². The van der Waals surface area contributed by atoms with Crippen molar-refractivity contribution in [3.05, 3.63) is 126 Å². The molecule has 3 saturated heterocycles. The van der Waals surface area contributed by atoms with Crippen LogP contribution in [0, 0.1) is 11.7 Å². The van der Waals surface area contributed by atoms with Crippen molar-refractivity contribution in [2.24, 2.45) is 5.92 Å². The second-order valence-corrected chi connectivity index (χ2v) is 17.0. The van der Waals surface area contributed by atoms with E-state index in [1.165, 1.54) is 18.2 Å². The van der Waals surface area contributed by atoms with Gasteiger partial charge in [-0.2, -0.15) is 18.3 Å². The first-order chi connectivity index (χ1) is 31.8. The van der Waals surface area contributed by atoms with Gasteiger partial charge in [-0.25, -0.2) is 9.37 Å². The van der Waals surface area contributed by atoms with Gasteiger partial charge < -0.3 is 25.8 Å². The van der Waals surface area contributed by atoms with Gasteiger partial charge in [-0.05, 0) is 85.2 Å². The maximum atomic E-state index is 15.2. The zero-order chi connectivity index (χ0) is 46.2. The molecule has 8 rings (SSSR count). The number of hydrogen-bond acceptors (Lipinski definition) is 10. The molecule has 3 aromatic carbocycles. The zero-order valence-electron chi connectivity index (χ0n) is 36.3. The summed E-state index contributed by atoms with van der Waals surface area (Å²) in [7, 11) is 0. The number of carbonyl (C=O) groups is 4. The summed E-state index contributed by atoms with van der Waals surface area (Å²) in [4.78, 5) is 61.2. The number of carbonyl (C=O) groups excluding carboxylic acids is 4. The molecule has 0 spiro atoms. The lowest BCUT2D eigenvalue weighted by atomic mass is 9.96. The summed E-state index contributed by atoms with van der Waals surface area (Å²) in [5.74, 6) is -0.620. The second kappa shape index (κ2) is 20.7. The molecular formula is C48H52F4N10O4. The van der Waals surface area contributed by atoms with Crippen molar-refractivity contribution in [3.63, 3.8) is 0 Å². The Morgan fingerprint density at radius 3 is 2.29 bits per heavy atom. The maximum absolute atomic E-state index is 15.2. The van der Waals surface area contributed by atoms with Crippen LogP contribution in [0.2, 0.25) is 0 Å². The van der Waals surface area contributed by atoms with Gasteiger partial charge in [0.25, 0.3) is 0 Å². The number of nitrogens with one attached hydrogen (secondary N) is 4. The summed E-state index contributed by atoms with van der Waals surface area (Å²) in [5, 5.41) is 15.9. The molecule has 1 unspecified atom stereocenters. The molecule has 18 heteroatoms. The van der Waals surface area contributed by atoms with Crippen LogP contribution in [0.4, 0.5) is 34.8 Å². The summed E-state index contributed by atoms with van der Waals surface area (Å²) < 4.78 is 55.8. The van der Waals surface area contributed by atoms with Crippen molar-refractivity contribution in [3.8, 4) is 11.1 Å². The minimum absolute atomic E-state index is 0.00538. The number of likely N-dealkylation sites (tertiary alicyclic amines) is 1. The van der Waals surface area contributed by atoms with Gasteiger partial charge >= 0.3 is 6.18 Å². The molecule has 0 saturated carbocycles. The number of aromatic nitrogens is 3. The van der Waals surface area contributed by atoms with E-state index in [4.69, 9.17) is 0 Å². The monoisotopic (exact) mass is 908 g/mol. The number of benzene rings is 3. The highest BCUT2D eigenvalue weighted by Crippen LogP contribution is 2.30. The SMILES string of the molecule is O=C1CCC(Nc2ccc(N3CCN(CC4CCN(C(=O)Cn5cc(-c6ccc(NC(=O)[C@H](NCCc7ccc(C(F)(F)F)cc7)c7ccccc7)nc6)cn5)CC4)CC3)c(F)c2)C(=O)N1. The van der Waals surface area contributed by atoms with Gasteiger partial charge in [0, 0.05) is 88.0 Å². The summed E-state index contributed by atoms with van der Waals surface area (Å²) in [5.41, 5.74) is 3.26. The third-order valence-corrected chi connectivity index (χ3v) is 12.4.